The van der Waals surface area contributed by atoms with Gasteiger partial charge >= 0.3 is 0 Å². The highest BCUT2D eigenvalue weighted by Crippen LogP contribution is 2.28. The van der Waals surface area contributed by atoms with Gasteiger partial charge in [0.25, 0.3) is 5.91 Å². The zero-order valence-corrected chi connectivity index (χ0v) is 20.7. The van der Waals surface area contributed by atoms with Gasteiger partial charge in [-0.1, -0.05) is 12.1 Å². The van der Waals surface area contributed by atoms with E-state index in [9.17, 15) is 14.0 Å². The van der Waals surface area contributed by atoms with Crippen molar-refractivity contribution in [1.29, 1.82) is 0 Å². The summed E-state index contributed by atoms with van der Waals surface area (Å²) in [7, 11) is 1.65. The van der Waals surface area contributed by atoms with E-state index >= 15 is 0 Å². The molecule has 1 aliphatic heterocycles. The summed E-state index contributed by atoms with van der Waals surface area (Å²) in [5.41, 5.74) is 2.44. The normalized spacial score (nSPS) is 15.9. The minimum atomic E-state index is -1.64. The number of alkyl halides is 1. The number of amides is 2. The summed E-state index contributed by atoms with van der Waals surface area (Å²) >= 11 is 0. The van der Waals surface area contributed by atoms with Crippen molar-refractivity contribution in [3.63, 3.8) is 0 Å². The molecule has 0 radical (unpaired) electrons. The molecule has 3 rings (SSSR count). The minimum Gasteiger partial charge on any atom is -0.383 e. The molecule has 2 N–H and O–H groups in total. The van der Waals surface area contributed by atoms with Crippen LogP contribution in [0, 0.1) is 6.92 Å². The Morgan fingerprint density at radius 1 is 1.29 bits per heavy atom. The van der Waals surface area contributed by atoms with Gasteiger partial charge < -0.3 is 20.3 Å². The smallest absolute Gasteiger partial charge is 0.255 e. The van der Waals surface area contributed by atoms with Gasteiger partial charge in [-0.15, -0.1) is 0 Å². The van der Waals surface area contributed by atoms with Gasteiger partial charge in [-0.2, -0.15) is 0 Å². The van der Waals surface area contributed by atoms with Crippen LogP contribution in [0.4, 0.5) is 10.1 Å². The summed E-state index contributed by atoms with van der Waals surface area (Å²) < 4.78 is 19.5. The summed E-state index contributed by atoms with van der Waals surface area (Å²) in [4.78, 5) is 30.3. The van der Waals surface area contributed by atoms with Gasteiger partial charge in [0, 0.05) is 37.6 Å². The first kappa shape index (κ1) is 26.1. The fourth-order valence-electron chi connectivity index (χ4n) is 3.88. The minimum absolute atomic E-state index is 0.202. The van der Waals surface area contributed by atoms with Crippen molar-refractivity contribution in [2.75, 3.05) is 32.1 Å². The molecule has 1 aliphatic rings. The first-order valence-electron chi connectivity index (χ1n) is 11.7. The Balaban J connectivity index is 1.90. The number of allylic oxidation sites excluding steroid dienone is 3. The number of benzene rings is 1. The molecule has 0 saturated carbocycles. The summed E-state index contributed by atoms with van der Waals surface area (Å²) in [6.45, 7) is 6.83. The third-order valence-electron chi connectivity index (χ3n) is 5.84. The number of carbonyl (C=O) groups excluding carboxylic acids is 2. The van der Waals surface area contributed by atoms with Crippen LogP contribution in [-0.2, 0) is 15.2 Å². The molecule has 7 nitrogen and oxygen atoms in total. The van der Waals surface area contributed by atoms with E-state index in [1.54, 1.807) is 13.2 Å². The lowest BCUT2D eigenvalue weighted by atomic mass is 9.97. The Morgan fingerprint density at radius 2 is 2.09 bits per heavy atom. The van der Waals surface area contributed by atoms with Gasteiger partial charge in [0.2, 0.25) is 6.41 Å². The van der Waals surface area contributed by atoms with Crippen LogP contribution in [0.3, 0.4) is 0 Å². The Morgan fingerprint density at radius 3 is 2.80 bits per heavy atom. The Bertz CT molecular complexity index is 1120. The average molecular weight is 481 g/mol. The summed E-state index contributed by atoms with van der Waals surface area (Å²) in [6.07, 6.45) is 8.01. The monoisotopic (exact) mass is 480 g/mol. The molecule has 0 bridgehead atoms. The van der Waals surface area contributed by atoms with Crippen LogP contribution in [0.1, 0.15) is 53.9 Å². The second kappa shape index (κ2) is 11.8. The molecular weight excluding hydrogens is 447 g/mol. The predicted octanol–water partition coefficient (Wildman–Crippen LogP) is 4.56. The second-order valence-corrected chi connectivity index (χ2v) is 8.96. The zero-order valence-electron chi connectivity index (χ0n) is 20.7. The van der Waals surface area contributed by atoms with E-state index in [0.29, 0.717) is 36.6 Å². The Kier molecular flexibility index (Phi) is 8.76. The standard InChI is InChI=1S/C27H33FN4O3/c1-19-8-9-22(31-26(34)21-10-11-29-24(15-21)27(2,3)28)17-23(19)20-7-5-6-12-32(13-14-35-4)25(16-20)30-18-33/h7-11,15-18H,5-6,12-14H2,1-4H3,(H,30,33)(H,31,34)/b20-7+,25-16?. The van der Waals surface area contributed by atoms with Gasteiger partial charge in [0.05, 0.1) is 12.3 Å². The maximum atomic E-state index is 14.3. The lowest BCUT2D eigenvalue weighted by Gasteiger charge is -2.28. The van der Waals surface area contributed by atoms with Crippen LogP contribution in [-0.4, -0.2) is 49.0 Å². The van der Waals surface area contributed by atoms with Crippen molar-refractivity contribution in [2.45, 2.75) is 39.3 Å². The van der Waals surface area contributed by atoms with Crippen molar-refractivity contribution in [1.82, 2.24) is 15.2 Å². The predicted molar refractivity (Wildman–Crippen MR) is 135 cm³/mol. The molecule has 0 atom stereocenters. The number of ether oxygens (including phenoxy) is 1. The molecule has 2 aromatic rings. The molecule has 186 valence electrons. The number of aryl methyl sites for hydroxylation is 1. The fraction of sp³-hybridized carbons (Fsp3) is 0.370. The van der Waals surface area contributed by atoms with Crippen molar-refractivity contribution < 1.29 is 18.7 Å². The third-order valence-corrected chi connectivity index (χ3v) is 5.84. The van der Waals surface area contributed by atoms with E-state index in [1.807, 2.05) is 31.2 Å². The maximum Gasteiger partial charge on any atom is 0.255 e. The lowest BCUT2D eigenvalue weighted by Crippen LogP contribution is -2.35. The molecule has 35 heavy (non-hydrogen) atoms. The molecule has 0 saturated heterocycles. The highest BCUT2D eigenvalue weighted by Gasteiger charge is 2.22. The van der Waals surface area contributed by atoms with Crippen molar-refractivity contribution in [2.24, 2.45) is 0 Å². The number of rotatable bonds is 9. The first-order valence-corrected chi connectivity index (χ1v) is 11.7. The SMILES string of the molecule is COCCN1CCC/C=C(/c2cc(NC(=O)c3ccnc(C(C)(C)F)c3)ccc2C)C=C1NC=O. The van der Waals surface area contributed by atoms with Crippen LogP contribution in [0.15, 0.2) is 54.5 Å². The number of pyridine rings is 1. The molecular formula is C27H33FN4O3. The highest BCUT2D eigenvalue weighted by molar-refractivity contribution is 6.04. The van der Waals surface area contributed by atoms with E-state index in [1.165, 1.54) is 26.1 Å². The summed E-state index contributed by atoms with van der Waals surface area (Å²) in [5, 5.41) is 5.73. The van der Waals surface area contributed by atoms with Crippen LogP contribution in [0.5, 0.6) is 0 Å². The van der Waals surface area contributed by atoms with Crippen LogP contribution in [0.25, 0.3) is 5.57 Å². The maximum absolute atomic E-state index is 14.3. The molecule has 0 fully saturated rings. The number of hydrogen-bond acceptors (Lipinski definition) is 5. The summed E-state index contributed by atoms with van der Waals surface area (Å²) in [5.74, 6) is 0.360. The van der Waals surface area contributed by atoms with Gasteiger partial charge in [0.15, 0.2) is 0 Å². The molecule has 0 spiro atoms. The quantitative estimate of drug-likeness (QED) is 0.514. The number of anilines is 1. The number of carbonyl (C=O) groups is 2. The number of halogens is 1. The molecule has 1 aromatic carbocycles. The van der Waals surface area contributed by atoms with Gasteiger partial charge in [-0.25, -0.2) is 4.39 Å². The van der Waals surface area contributed by atoms with Gasteiger partial charge in [0.1, 0.15) is 11.5 Å². The molecule has 2 heterocycles. The second-order valence-electron chi connectivity index (χ2n) is 8.96. The van der Waals surface area contributed by atoms with Crippen LogP contribution in [0.2, 0.25) is 0 Å². The van der Waals surface area contributed by atoms with E-state index in [4.69, 9.17) is 4.74 Å². The number of hydrogen-bond donors (Lipinski definition) is 2. The number of methoxy groups -OCH3 is 1. The topological polar surface area (TPSA) is 83.6 Å². The number of nitrogens with one attached hydrogen (secondary N) is 2. The molecule has 2 amide bonds. The lowest BCUT2D eigenvalue weighted by molar-refractivity contribution is -0.109. The molecule has 0 aliphatic carbocycles. The Hall–Kier alpha value is -3.52. The molecule has 8 heteroatoms. The highest BCUT2D eigenvalue weighted by atomic mass is 19.1. The fourth-order valence-corrected chi connectivity index (χ4v) is 3.88. The van der Waals surface area contributed by atoms with E-state index in [-0.39, 0.29) is 11.6 Å². The zero-order chi connectivity index (χ0) is 25.4. The number of aromatic nitrogens is 1. The molecule has 0 unspecified atom stereocenters. The average Bonchev–Trinajstić information content (AvgIpc) is 2.81. The van der Waals surface area contributed by atoms with Crippen molar-refractivity contribution >= 4 is 23.6 Å². The number of nitrogens with zero attached hydrogens (tertiary/aromatic N) is 2. The van der Waals surface area contributed by atoms with Crippen LogP contribution < -0.4 is 10.6 Å². The van der Waals surface area contributed by atoms with Gasteiger partial charge in [-0.3, -0.25) is 14.6 Å². The van der Waals surface area contributed by atoms with E-state index in [2.05, 4.69) is 26.6 Å². The first-order chi connectivity index (χ1) is 16.7. The van der Waals surface area contributed by atoms with E-state index < -0.39 is 5.67 Å². The van der Waals surface area contributed by atoms with Crippen molar-refractivity contribution in [3.8, 4) is 0 Å². The van der Waals surface area contributed by atoms with Gasteiger partial charge in [-0.05, 0) is 80.7 Å². The van der Waals surface area contributed by atoms with E-state index in [0.717, 1.165) is 36.1 Å². The summed E-state index contributed by atoms with van der Waals surface area (Å²) in [6, 6.07) is 8.72. The largest absolute Gasteiger partial charge is 0.383 e. The Labute approximate surface area is 206 Å². The van der Waals surface area contributed by atoms with Crippen LogP contribution >= 0.6 is 0 Å². The van der Waals surface area contributed by atoms with Crippen molar-refractivity contribution in [3.05, 3.63) is 76.9 Å². The molecule has 1 aromatic heterocycles. The third kappa shape index (κ3) is 6.99.